The minimum atomic E-state index is -0.295. The minimum absolute atomic E-state index is 0.0257. The normalized spacial score (nSPS) is 13.1. The predicted octanol–water partition coefficient (Wildman–Crippen LogP) is 4.92. The monoisotopic (exact) mass is 420 g/mol. The average molecular weight is 420 g/mol. The third-order valence-corrected chi connectivity index (χ3v) is 5.28. The van der Waals surface area contributed by atoms with Crippen molar-refractivity contribution in [1.29, 1.82) is 0 Å². The highest BCUT2D eigenvalue weighted by molar-refractivity contribution is 6.08. The summed E-state index contributed by atoms with van der Waals surface area (Å²) in [5.41, 5.74) is 1.02. The van der Waals surface area contributed by atoms with Crippen molar-refractivity contribution in [1.82, 2.24) is 5.32 Å². The molecule has 0 spiro atoms. The van der Waals surface area contributed by atoms with Gasteiger partial charge in [0.15, 0.2) is 0 Å². The van der Waals surface area contributed by atoms with Crippen LogP contribution in [0.1, 0.15) is 36.0 Å². The Bertz CT molecular complexity index is 1080. The zero-order chi connectivity index (χ0) is 21.6. The second-order valence-electron chi connectivity index (χ2n) is 7.77. The molecule has 1 aliphatic rings. The Morgan fingerprint density at radius 2 is 1.68 bits per heavy atom. The number of nitrogens with one attached hydrogen (secondary N) is 2. The third kappa shape index (κ3) is 5.60. The zero-order valence-corrected chi connectivity index (χ0v) is 17.2. The predicted molar refractivity (Wildman–Crippen MR) is 119 cm³/mol. The van der Waals surface area contributed by atoms with E-state index in [0.29, 0.717) is 30.2 Å². The molecule has 1 saturated carbocycles. The molecule has 2 amide bonds. The van der Waals surface area contributed by atoms with Crippen molar-refractivity contribution in [3.63, 3.8) is 0 Å². The number of ether oxygens (including phenoxy) is 1. The van der Waals surface area contributed by atoms with Crippen molar-refractivity contribution >= 4 is 28.3 Å². The Morgan fingerprint density at radius 3 is 2.39 bits per heavy atom. The second kappa shape index (κ2) is 9.60. The van der Waals surface area contributed by atoms with Crippen molar-refractivity contribution in [2.45, 2.75) is 25.7 Å². The number of benzene rings is 3. The van der Waals surface area contributed by atoms with Gasteiger partial charge in [-0.1, -0.05) is 24.3 Å². The molecule has 0 heterocycles. The van der Waals surface area contributed by atoms with E-state index in [1.165, 1.54) is 12.1 Å². The number of rotatable bonds is 9. The molecule has 0 aromatic heterocycles. The number of amides is 2. The summed E-state index contributed by atoms with van der Waals surface area (Å²) in [4.78, 5) is 25.1. The molecule has 0 unspecified atom stereocenters. The van der Waals surface area contributed by atoms with Crippen molar-refractivity contribution in [2.75, 3.05) is 18.5 Å². The number of hydrogen-bond acceptors (Lipinski definition) is 3. The summed E-state index contributed by atoms with van der Waals surface area (Å²) >= 11 is 0. The average Bonchev–Trinajstić information content (AvgIpc) is 3.62. The van der Waals surface area contributed by atoms with Gasteiger partial charge in [-0.2, -0.15) is 0 Å². The Morgan fingerprint density at radius 1 is 0.968 bits per heavy atom. The van der Waals surface area contributed by atoms with Crippen LogP contribution in [0.3, 0.4) is 0 Å². The fraction of sp³-hybridized carbons (Fsp3) is 0.280. The SMILES string of the molecule is O=C(NCCCCOc1ccc(F)cc1)c1cc2ccccc2cc1NC(=O)C1CC1. The van der Waals surface area contributed by atoms with E-state index in [1.807, 2.05) is 36.4 Å². The number of anilines is 1. The maximum Gasteiger partial charge on any atom is 0.253 e. The number of carbonyl (C=O) groups is 2. The maximum atomic E-state index is 12.9. The Balaban J connectivity index is 1.32. The van der Waals surface area contributed by atoms with E-state index in [-0.39, 0.29) is 23.5 Å². The van der Waals surface area contributed by atoms with Crippen LogP contribution in [0, 0.1) is 11.7 Å². The first-order chi connectivity index (χ1) is 15.1. The Kier molecular flexibility index (Phi) is 6.46. The summed E-state index contributed by atoms with van der Waals surface area (Å²) < 4.78 is 18.5. The third-order valence-electron chi connectivity index (χ3n) is 5.28. The van der Waals surface area contributed by atoms with E-state index in [2.05, 4.69) is 10.6 Å². The van der Waals surface area contributed by atoms with Gasteiger partial charge in [0, 0.05) is 12.5 Å². The van der Waals surface area contributed by atoms with Gasteiger partial charge in [0.05, 0.1) is 17.9 Å². The molecule has 0 saturated heterocycles. The van der Waals surface area contributed by atoms with Crippen LogP contribution in [0.15, 0.2) is 60.7 Å². The summed E-state index contributed by atoms with van der Waals surface area (Å²) in [6.07, 6.45) is 3.30. The number of hydrogen-bond donors (Lipinski definition) is 2. The van der Waals surface area contributed by atoms with Gasteiger partial charge in [-0.25, -0.2) is 4.39 Å². The molecular formula is C25H25FN2O3. The molecule has 31 heavy (non-hydrogen) atoms. The Hall–Kier alpha value is -3.41. The molecular weight excluding hydrogens is 395 g/mol. The summed E-state index contributed by atoms with van der Waals surface area (Å²) in [5, 5.41) is 7.79. The van der Waals surface area contributed by atoms with E-state index in [9.17, 15) is 14.0 Å². The summed E-state index contributed by atoms with van der Waals surface area (Å²) in [7, 11) is 0. The molecule has 1 fully saturated rings. The molecule has 4 rings (SSSR count). The summed E-state index contributed by atoms with van der Waals surface area (Å²) in [6, 6.07) is 17.4. The topological polar surface area (TPSA) is 67.4 Å². The van der Waals surface area contributed by atoms with E-state index in [4.69, 9.17) is 4.74 Å². The van der Waals surface area contributed by atoms with Crippen LogP contribution in [0.4, 0.5) is 10.1 Å². The molecule has 0 bridgehead atoms. The van der Waals surface area contributed by atoms with Crippen LogP contribution in [-0.4, -0.2) is 25.0 Å². The molecule has 3 aromatic rings. The van der Waals surface area contributed by atoms with Gasteiger partial charge in [0.25, 0.3) is 5.91 Å². The van der Waals surface area contributed by atoms with Crippen molar-refractivity contribution in [3.05, 3.63) is 72.0 Å². The number of fused-ring (bicyclic) bond motifs is 1. The molecule has 2 N–H and O–H groups in total. The van der Waals surface area contributed by atoms with Gasteiger partial charge >= 0.3 is 0 Å². The van der Waals surface area contributed by atoms with Crippen LogP contribution < -0.4 is 15.4 Å². The lowest BCUT2D eigenvalue weighted by atomic mass is 10.0. The Labute approximate surface area is 180 Å². The molecule has 0 radical (unpaired) electrons. The smallest absolute Gasteiger partial charge is 0.253 e. The molecule has 6 heteroatoms. The van der Waals surface area contributed by atoms with Crippen molar-refractivity contribution < 1.29 is 18.7 Å². The lowest BCUT2D eigenvalue weighted by molar-refractivity contribution is -0.117. The van der Waals surface area contributed by atoms with Crippen molar-refractivity contribution in [3.8, 4) is 5.75 Å². The van der Waals surface area contributed by atoms with Gasteiger partial charge in [-0.05, 0) is 72.9 Å². The number of halogens is 1. The summed E-state index contributed by atoms with van der Waals surface area (Å²) in [5.74, 6) is 0.149. The van der Waals surface area contributed by atoms with Crippen LogP contribution >= 0.6 is 0 Å². The maximum absolute atomic E-state index is 12.9. The highest BCUT2D eigenvalue weighted by Crippen LogP contribution is 2.32. The second-order valence-corrected chi connectivity index (χ2v) is 7.77. The lowest BCUT2D eigenvalue weighted by Crippen LogP contribution is -2.26. The fourth-order valence-electron chi connectivity index (χ4n) is 3.36. The molecule has 0 atom stereocenters. The van der Waals surface area contributed by atoms with Crippen LogP contribution in [-0.2, 0) is 4.79 Å². The van der Waals surface area contributed by atoms with Crippen LogP contribution in [0.2, 0.25) is 0 Å². The largest absolute Gasteiger partial charge is 0.494 e. The lowest BCUT2D eigenvalue weighted by Gasteiger charge is -2.13. The summed E-state index contributed by atoms with van der Waals surface area (Å²) in [6.45, 7) is 0.981. The van der Waals surface area contributed by atoms with E-state index < -0.39 is 0 Å². The molecule has 1 aliphatic carbocycles. The van der Waals surface area contributed by atoms with E-state index >= 15 is 0 Å². The number of unbranched alkanes of at least 4 members (excludes halogenated alkanes) is 1. The van der Waals surface area contributed by atoms with Crippen LogP contribution in [0.25, 0.3) is 10.8 Å². The highest BCUT2D eigenvalue weighted by atomic mass is 19.1. The van der Waals surface area contributed by atoms with Gasteiger partial charge < -0.3 is 15.4 Å². The van der Waals surface area contributed by atoms with Gasteiger partial charge in [-0.3, -0.25) is 9.59 Å². The van der Waals surface area contributed by atoms with E-state index in [1.54, 1.807) is 12.1 Å². The first-order valence-corrected chi connectivity index (χ1v) is 10.6. The molecule has 3 aromatic carbocycles. The minimum Gasteiger partial charge on any atom is -0.494 e. The van der Waals surface area contributed by atoms with Gasteiger partial charge in [0.1, 0.15) is 11.6 Å². The molecule has 0 aliphatic heterocycles. The van der Waals surface area contributed by atoms with Crippen LogP contribution in [0.5, 0.6) is 5.75 Å². The quantitative estimate of drug-likeness (QED) is 0.483. The zero-order valence-electron chi connectivity index (χ0n) is 17.2. The first kappa shape index (κ1) is 20.8. The van der Waals surface area contributed by atoms with Crippen molar-refractivity contribution in [2.24, 2.45) is 5.92 Å². The van der Waals surface area contributed by atoms with Gasteiger partial charge in [0.2, 0.25) is 5.91 Å². The molecule has 160 valence electrons. The standard InChI is InChI=1S/C25H25FN2O3/c26-20-9-11-21(12-10-20)31-14-4-3-13-27-25(30)22-15-18-5-1-2-6-19(18)16-23(22)28-24(29)17-7-8-17/h1-2,5-6,9-12,15-17H,3-4,7-8,13-14H2,(H,27,30)(H,28,29). The fourth-order valence-corrected chi connectivity index (χ4v) is 3.36. The first-order valence-electron chi connectivity index (χ1n) is 10.6. The highest BCUT2D eigenvalue weighted by Gasteiger charge is 2.30. The van der Waals surface area contributed by atoms with Gasteiger partial charge in [-0.15, -0.1) is 0 Å². The number of carbonyl (C=O) groups excluding carboxylic acids is 2. The molecule has 5 nitrogen and oxygen atoms in total. The van der Waals surface area contributed by atoms with E-state index in [0.717, 1.165) is 36.5 Å².